The van der Waals surface area contributed by atoms with Gasteiger partial charge in [0.15, 0.2) is 0 Å². The molecule has 19 heavy (non-hydrogen) atoms. The molecule has 1 N–H and O–H groups in total. The van der Waals surface area contributed by atoms with Crippen LogP contribution in [0.3, 0.4) is 0 Å². The van der Waals surface area contributed by atoms with Crippen molar-refractivity contribution in [2.45, 2.75) is 0 Å². The second-order valence-corrected chi connectivity index (χ2v) is 4.18. The number of nitro benzene ring substituents is 1. The molecule has 0 aliphatic carbocycles. The summed E-state index contributed by atoms with van der Waals surface area (Å²) >= 11 is 0. The number of nitro groups is 1. The van der Waals surface area contributed by atoms with Gasteiger partial charge in [0.1, 0.15) is 11.3 Å². The average molecular weight is 261 g/mol. The van der Waals surface area contributed by atoms with Gasteiger partial charge in [-0.1, -0.05) is 0 Å². The number of fused-ring (bicyclic) bond motifs is 1. The maximum atomic E-state index is 11.8. The minimum absolute atomic E-state index is 0.101. The Morgan fingerprint density at radius 2 is 2.11 bits per heavy atom. The molecule has 1 heterocycles. The quantitative estimate of drug-likeness (QED) is 0.653. The van der Waals surface area contributed by atoms with Crippen LogP contribution in [0.25, 0.3) is 10.9 Å². The summed E-state index contributed by atoms with van der Waals surface area (Å²) in [5, 5.41) is 20.7. The third-order valence-electron chi connectivity index (χ3n) is 2.66. The summed E-state index contributed by atoms with van der Waals surface area (Å²) in [6, 6.07) is 3.76. The molecule has 0 unspecified atom stereocenters. The average Bonchev–Trinajstić information content (AvgIpc) is 2.37. The third kappa shape index (κ3) is 2.17. The first-order chi connectivity index (χ1) is 8.91. The van der Waals surface area contributed by atoms with Crippen LogP contribution in [-0.2, 0) is 0 Å². The molecule has 98 valence electrons. The second kappa shape index (κ2) is 4.52. The molecule has 7 nitrogen and oxygen atoms in total. The van der Waals surface area contributed by atoms with Gasteiger partial charge in [-0.05, 0) is 12.1 Å². The molecule has 0 saturated heterocycles. The van der Waals surface area contributed by atoms with Gasteiger partial charge in [-0.15, -0.1) is 0 Å². The lowest BCUT2D eigenvalue weighted by Crippen LogP contribution is -2.21. The lowest BCUT2D eigenvalue weighted by atomic mass is 10.1. The standard InChI is InChI=1S/C12H11N3O4/c1-14(2)12(17)7-5-8-9(15(18)19)3-4-10(16)11(8)13-6-7/h3-6,16H,1-2H3. The zero-order valence-electron chi connectivity index (χ0n) is 10.3. The van der Waals surface area contributed by atoms with Crippen molar-refractivity contribution < 1.29 is 14.8 Å². The molecule has 0 saturated carbocycles. The van der Waals surface area contributed by atoms with Crippen molar-refractivity contribution in [1.29, 1.82) is 0 Å². The van der Waals surface area contributed by atoms with E-state index in [1.54, 1.807) is 14.1 Å². The Balaban J connectivity index is 2.73. The number of nitrogens with zero attached hydrogens (tertiary/aromatic N) is 3. The number of rotatable bonds is 2. The molecule has 0 bridgehead atoms. The highest BCUT2D eigenvalue weighted by Gasteiger charge is 2.18. The summed E-state index contributed by atoms with van der Waals surface area (Å²) in [5.41, 5.74) is 0.129. The Hall–Kier alpha value is -2.70. The van der Waals surface area contributed by atoms with Crippen molar-refractivity contribution in [3.63, 3.8) is 0 Å². The highest BCUT2D eigenvalue weighted by Crippen LogP contribution is 2.31. The van der Waals surface area contributed by atoms with Crippen LogP contribution >= 0.6 is 0 Å². The van der Waals surface area contributed by atoms with Crippen molar-refractivity contribution in [2.24, 2.45) is 0 Å². The Kier molecular flexibility index (Phi) is 3.04. The molecule has 1 amide bonds. The van der Waals surface area contributed by atoms with E-state index in [0.717, 1.165) is 0 Å². The van der Waals surface area contributed by atoms with Crippen LogP contribution in [0.4, 0.5) is 5.69 Å². The maximum Gasteiger partial charge on any atom is 0.279 e. The highest BCUT2D eigenvalue weighted by atomic mass is 16.6. The molecule has 0 aliphatic heterocycles. The lowest BCUT2D eigenvalue weighted by molar-refractivity contribution is -0.383. The van der Waals surface area contributed by atoms with E-state index < -0.39 is 4.92 Å². The van der Waals surface area contributed by atoms with Crippen LogP contribution in [-0.4, -0.2) is 39.9 Å². The minimum Gasteiger partial charge on any atom is -0.506 e. The van der Waals surface area contributed by atoms with E-state index >= 15 is 0 Å². The van der Waals surface area contributed by atoms with Gasteiger partial charge in [0.2, 0.25) is 0 Å². The minimum atomic E-state index is -0.576. The van der Waals surface area contributed by atoms with E-state index in [2.05, 4.69) is 4.98 Å². The van der Waals surface area contributed by atoms with Gasteiger partial charge in [-0.25, -0.2) is 0 Å². The molecule has 2 aromatic rings. The van der Waals surface area contributed by atoms with Crippen molar-refractivity contribution >= 4 is 22.5 Å². The highest BCUT2D eigenvalue weighted by molar-refractivity contribution is 6.00. The number of benzene rings is 1. The Labute approximate surface area is 108 Å². The van der Waals surface area contributed by atoms with Crippen LogP contribution in [0.2, 0.25) is 0 Å². The van der Waals surface area contributed by atoms with Crippen LogP contribution in [0.1, 0.15) is 10.4 Å². The van der Waals surface area contributed by atoms with Crippen molar-refractivity contribution in [2.75, 3.05) is 14.1 Å². The summed E-state index contributed by atoms with van der Waals surface area (Å²) in [6.07, 6.45) is 1.29. The summed E-state index contributed by atoms with van der Waals surface area (Å²) in [5.74, 6) is -0.475. The first-order valence-electron chi connectivity index (χ1n) is 5.39. The Bertz CT molecular complexity index is 682. The van der Waals surface area contributed by atoms with Crippen LogP contribution in [0, 0.1) is 10.1 Å². The third-order valence-corrected chi connectivity index (χ3v) is 2.66. The zero-order valence-corrected chi connectivity index (χ0v) is 10.3. The number of carbonyl (C=O) groups excluding carboxylic acids is 1. The number of phenolic OH excluding ortho intramolecular Hbond substituents is 1. The summed E-state index contributed by atoms with van der Waals surface area (Å²) in [4.78, 5) is 27.4. The van der Waals surface area contributed by atoms with Crippen molar-refractivity contribution in [3.8, 4) is 5.75 Å². The number of carbonyl (C=O) groups is 1. The topological polar surface area (TPSA) is 96.6 Å². The Morgan fingerprint density at radius 1 is 1.42 bits per heavy atom. The number of amides is 1. The summed E-state index contributed by atoms with van der Waals surface area (Å²) < 4.78 is 0. The van der Waals surface area contributed by atoms with Gasteiger partial charge < -0.3 is 10.0 Å². The number of hydrogen-bond donors (Lipinski definition) is 1. The van der Waals surface area contributed by atoms with Crippen molar-refractivity contribution in [3.05, 3.63) is 40.1 Å². The molecule has 0 atom stereocenters. The molecule has 1 aromatic heterocycles. The molecule has 0 spiro atoms. The molecule has 0 fully saturated rings. The molecular weight excluding hydrogens is 250 g/mol. The fraction of sp³-hybridized carbons (Fsp3) is 0.167. The number of phenols is 1. The number of aromatic hydroxyl groups is 1. The molecule has 7 heteroatoms. The SMILES string of the molecule is CN(C)C(=O)c1cnc2c(O)ccc([N+](=O)[O-])c2c1. The van der Waals surface area contributed by atoms with Crippen molar-refractivity contribution in [1.82, 2.24) is 9.88 Å². The molecule has 0 aliphatic rings. The smallest absolute Gasteiger partial charge is 0.279 e. The van der Waals surface area contributed by atoms with Gasteiger partial charge in [0.05, 0.1) is 15.9 Å². The summed E-state index contributed by atoms with van der Waals surface area (Å²) in [6.45, 7) is 0. The normalized spacial score (nSPS) is 10.4. The van der Waals surface area contributed by atoms with Gasteiger partial charge in [-0.2, -0.15) is 0 Å². The van der Waals surface area contributed by atoms with E-state index in [-0.39, 0.29) is 33.8 Å². The van der Waals surface area contributed by atoms with Gasteiger partial charge in [0.25, 0.3) is 11.6 Å². The second-order valence-electron chi connectivity index (χ2n) is 4.18. The van der Waals surface area contributed by atoms with Crippen LogP contribution in [0.5, 0.6) is 5.75 Å². The van der Waals surface area contributed by atoms with E-state index in [4.69, 9.17) is 0 Å². The number of non-ortho nitro benzene ring substituents is 1. The Morgan fingerprint density at radius 3 is 2.68 bits per heavy atom. The van der Waals surface area contributed by atoms with Crippen LogP contribution < -0.4 is 0 Å². The lowest BCUT2D eigenvalue weighted by Gasteiger charge is -2.10. The van der Waals surface area contributed by atoms with E-state index in [1.165, 1.54) is 29.3 Å². The van der Waals surface area contributed by atoms with Gasteiger partial charge in [0, 0.05) is 26.4 Å². The first kappa shape index (κ1) is 12.7. The first-order valence-corrected chi connectivity index (χ1v) is 5.39. The number of pyridine rings is 1. The van der Waals surface area contributed by atoms with Gasteiger partial charge in [-0.3, -0.25) is 19.9 Å². The maximum absolute atomic E-state index is 11.8. The predicted octanol–water partition coefficient (Wildman–Crippen LogP) is 1.55. The molecule has 2 rings (SSSR count). The number of aromatic nitrogens is 1. The molecular formula is C12H11N3O4. The van der Waals surface area contributed by atoms with Gasteiger partial charge >= 0.3 is 0 Å². The largest absolute Gasteiger partial charge is 0.506 e. The summed E-state index contributed by atoms with van der Waals surface area (Å²) in [7, 11) is 3.15. The number of hydrogen-bond acceptors (Lipinski definition) is 5. The van der Waals surface area contributed by atoms with E-state index in [0.29, 0.717) is 0 Å². The monoisotopic (exact) mass is 261 g/mol. The zero-order chi connectivity index (χ0) is 14.2. The van der Waals surface area contributed by atoms with E-state index in [9.17, 15) is 20.0 Å². The van der Waals surface area contributed by atoms with Crippen LogP contribution in [0.15, 0.2) is 24.4 Å². The fourth-order valence-corrected chi connectivity index (χ4v) is 1.73. The predicted molar refractivity (Wildman–Crippen MR) is 68.1 cm³/mol. The molecule has 0 radical (unpaired) electrons. The molecule has 1 aromatic carbocycles. The van der Waals surface area contributed by atoms with E-state index in [1.807, 2.05) is 0 Å². The fourth-order valence-electron chi connectivity index (χ4n) is 1.73.